The summed E-state index contributed by atoms with van der Waals surface area (Å²) in [7, 11) is 0. The number of nitrogens with one attached hydrogen (secondary N) is 2. The van der Waals surface area contributed by atoms with Crippen molar-refractivity contribution in [2.24, 2.45) is 0 Å². The van der Waals surface area contributed by atoms with Crippen molar-refractivity contribution in [1.29, 1.82) is 0 Å². The standard InChI is InChI=1S/C29H42F3N3O.C18H29F3N2/c1-4-7-10-24-13-17-27(18-14-24)33-28(36)35(22-21-34(19-8-5-2)20-9-6-3)23-25-11-15-26(16-12-25)29(30,31)32;1-3-5-12-23(13-6-4-2)14-11-22-15-16-7-9-17(10-8-16)18(19,20)21/h11-18H,4-10,19-23H2,1-3H3,(H,33,36);7-10,22H,3-6,11-15H2,1-2H3. The van der Waals surface area contributed by atoms with Crippen LogP contribution in [0.2, 0.25) is 0 Å². The monoisotopic (exact) mass is 836 g/mol. The molecule has 2 N–H and O–H groups in total. The normalized spacial score (nSPS) is 11.8. The lowest BCUT2D eigenvalue weighted by atomic mass is 10.1. The molecule has 332 valence electrons. The molecule has 0 aliphatic rings. The van der Waals surface area contributed by atoms with Crippen LogP contribution in [0.4, 0.5) is 36.8 Å². The third-order valence-corrected chi connectivity index (χ3v) is 10.2. The van der Waals surface area contributed by atoms with E-state index in [-0.39, 0.29) is 12.6 Å². The van der Waals surface area contributed by atoms with E-state index in [4.69, 9.17) is 0 Å². The largest absolute Gasteiger partial charge is 0.416 e. The molecule has 3 rings (SSSR count). The Balaban J connectivity index is 0.000000450. The number of alkyl halides is 6. The number of amides is 2. The molecule has 0 bridgehead atoms. The fraction of sp³-hybridized carbons (Fsp3) is 0.596. The highest BCUT2D eigenvalue weighted by Crippen LogP contribution is 2.30. The van der Waals surface area contributed by atoms with E-state index >= 15 is 0 Å². The van der Waals surface area contributed by atoms with E-state index in [9.17, 15) is 31.1 Å². The topological polar surface area (TPSA) is 50.9 Å². The predicted molar refractivity (Wildman–Crippen MR) is 232 cm³/mol. The van der Waals surface area contributed by atoms with E-state index in [1.165, 1.54) is 43.4 Å². The number of urea groups is 1. The van der Waals surface area contributed by atoms with Gasteiger partial charge < -0.3 is 25.3 Å². The lowest BCUT2D eigenvalue weighted by molar-refractivity contribution is -0.138. The predicted octanol–water partition coefficient (Wildman–Crippen LogP) is 12.7. The van der Waals surface area contributed by atoms with Crippen LogP contribution in [0.1, 0.15) is 127 Å². The molecule has 0 aromatic heterocycles. The average molecular weight is 836 g/mol. The Morgan fingerprint density at radius 3 is 1.37 bits per heavy atom. The molecule has 2 amide bonds. The Labute approximate surface area is 351 Å². The van der Waals surface area contributed by atoms with Crippen LogP contribution in [-0.4, -0.2) is 73.1 Å². The van der Waals surface area contributed by atoms with Crippen LogP contribution >= 0.6 is 0 Å². The number of hydrogen-bond acceptors (Lipinski definition) is 4. The van der Waals surface area contributed by atoms with Crippen molar-refractivity contribution in [3.05, 3.63) is 101 Å². The van der Waals surface area contributed by atoms with Crippen molar-refractivity contribution in [2.45, 2.75) is 131 Å². The molecule has 0 saturated heterocycles. The molecule has 0 radical (unpaired) electrons. The number of anilines is 1. The van der Waals surface area contributed by atoms with E-state index < -0.39 is 23.5 Å². The van der Waals surface area contributed by atoms with E-state index in [1.54, 1.807) is 17.0 Å². The number of nitrogens with zero attached hydrogens (tertiary/aromatic N) is 3. The van der Waals surface area contributed by atoms with Gasteiger partial charge in [0.2, 0.25) is 0 Å². The molecule has 3 aromatic rings. The molecule has 0 saturated carbocycles. The average Bonchev–Trinajstić information content (AvgIpc) is 3.21. The molecule has 0 atom stereocenters. The van der Waals surface area contributed by atoms with Gasteiger partial charge in [-0.1, -0.05) is 103 Å². The quantitative estimate of drug-likeness (QED) is 0.0625. The summed E-state index contributed by atoms with van der Waals surface area (Å²) < 4.78 is 76.4. The summed E-state index contributed by atoms with van der Waals surface area (Å²) in [4.78, 5) is 19.8. The van der Waals surface area contributed by atoms with E-state index in [0.29, 0.717) is 24.3 Å². The van der Waals surface area contributed by atoms with Crippen LogP contribution in [0.25, 0.3) is 0 Å². The SMILES string of the molecule is CCCCN(CCCC)CCNCc1ccc(C(F)(F)F)cc1.CCCCc1ccc(NC(=O)N(CCN(CCCC)CCCC)Cc2ccc(C(F)(F)F)cc2)cc1. The van der Waals surface area contributed by atoms with Crippen molar-refractivity contribution < 1.29 is 31.1 Å². The van der Waals surface area contributed by atoms with Crippen molar-refractivity contribution in [1.82, 2.24) is 20.0 Å². The minimum absolute atomic E-state index is 0.244. The third-order valence-electron chi connectivity index (χ3n) is 10.2. The van der Waals surface area contributed by atoms with Crippen LogP contribution in [0.15, 0.2) is 72.8 Å². The Morgan fingerprint density at radius 1 is 0.508 bits per heavy atom. The lowest BCUT2D eigenvalue weighted by Crippen LogP contribution is -2.41. The molecular weight excluding hydrogens is 765 g/mol. The molecule has 6 nitrogen and oxygen atoms in total. The molecule has 0 heterocycles. The number of carbonyl (C=O) groups is 1. The summed E-state index contributed by atoms with van der Waals surface area (Å²) in [6.45, 7) is 19.0. The zero-order chi connectivity index (χ0) is 43.5. The second-order valence-corrected chi connectivity index (χ2v) is 15.3. The summed E-state index contributed by atoms with van der Waals surface area (Å²) in [6.07, 6.45) is 3.84. The summed E-state index contributed by atoms with van der Waals surface area (Å²) in [6, 6.07) is 18.1. The fourth-order valence-corrected chi connectivity index (χ4v) is 6.35. The van der Waals surface area contributed by atoms with Crippen LogP contribution in [-0.2, 0) is 31.9 Å². The highest BCUT2D eigenvalue weighted by atomic mass is 19.4. The van der Waals surface area contributed by atoms with Gasteiger partial charge in [0, 0.05) is 45.0 Å². The van der Waals surface area contributed by atoms with Crippen LogP contribution < -0.4 is 10.6 Å². The first kappa shape index (κ1) is 51.5. The minimum Gasteiger partial charge on any atom is -0.319 e. The molecular formula is C47H71F6N5O. The Morgan fingerprint density at radius 2 is 0.932 bits per heavy atom. The molecule has 3 aromatic carbocycles. The molecule has 0 aliphatic heterocycles. The molecule has 59 heavy (non-hydrogen) atoms. The highest BCUT2D eigenvalue weighted by molar-refractivity contribution is 5.89. The number of aryl methyl sites for hydroxylation is 1. The Hall–Kier alpha value is -3.61. The van der Waals surface area contributed by atoms with Crippen molar-refractivity contribution in [2.75, 3.05) is 57.7 Å². The van der Waals surface area contributed by atoms with Crippen LogP contribution in [0, 0.1) is 0 Å². The first-order valence-electron chi connectivity index (χ1n) is 21.9. The van der Waals surface area contributed by atoms with Gasteiger partial charge in [0.15, 0.2) is 0 Å². The van der Waals surface area contributed by atoms with Gasteiger partial charge in [0.25, 0.3) is 0 Å². The van der Waals surface area contributed by atoms with Gasteiger partial charge in [-0.15, -0.1) is 0 Å². The van der Waals surface area contributed by atoms with Crippen LogP contribution in [0.3, 0.4) is 0 Å². The molecule has 0 spiro atoms. The van der Waals surface area contributed by atoms with E-state index in [2.05, 4.69) is 55.1 Å². The smallest absolute Gasteiger partial charge is 0.319 e. The minimum atomic E-state index is -4.38. The maximum absolute atomic E-state index is 13.3. The summed E-state index contributed by atoms with van der Waals surface area (Å²) in [5.41, 5.74) is 2.22. The zero-order valence-electron chi connectivity index (χ0n) is 36.3. The maximum Gasteiger partial charge on any atom is 0.416 e. The molecule has 0 unspecified atom stereocenters. The van der Waals surface area contributed by atoms with Crippen molar-refractivity contribution in [3.63, 3.8) is 0 Å². The van der Waals surface area contributed by atoms with Gasteiger partial charge in [0.05, 0.1) is 11.1 Å². The number of halogens is 6. The van der Waals surface area contributed by atoms with Gasteiger partial charge in [0.1, 0.15) is 0 Å². The number of unbranched alkanes of at least 4 members (excludes halogenated alkanes) is 5. The van der Waals surface area contributed by atoms with Gasteiger partial charge in [-0.2, -0.15) is 26.3 Å². The highest BCUT2D eigenvalue weighted by Gasteiger charge is 2.31. The molecule has 12 heteroatoms. The molecule has 0 fully saturated rings. The van der Waals surface area contributed by atoms with E-state index in [1.807, 2.05) is 24.3 Å². The van der Waals surface area contributed by atoms with Crippen molar-refractivity contribution in [3.8, 4) is 0 Å². The summed E-state index contributed by atoms with van der Waals surface area (Å²) in [5.74, 6) is 0. The Kier molecular flexibility index (Phi) is 25.1. The zero-order valence-corrected chi connectivity index (χ0v) is 36.3. The van der Waals surface area contributed by atoms with E-state index in [0.717, 1.165) is 121 Å². The summed E-state index contributed by atoms with van der Waals surface area (Å²) in [5, 5.41) is 6.30. The molecule has 0 aliphatic carbocycles. The fourth-order valence-electron chi connectivity index (χ4n) is 6.35. The van der Waals surface area contributed by atoms with Gasteiger partial charge in [-0.25, -0.2) is 4.79 Å². The number of rotatable bonds is 26. The van der Waals surface area contributed by atoms with Gasteiger partial charge in [-0.05, 0) is 118 Å². The van der Waals surface area contributed by atoms with Crippen LogP contribution in [0.5, 0.6) is 0 Å². The first-order valence-corrected chi connectivity index (χ1v) is 21.9. The lowest BCUT2D eigenvalue weighted by Gasteiger charge is -2.28. The second-order valence-electron chi connectivity index (χ2n) is 15.3. The summed E-state index contributed by atoms with van der Waals surface area (Å²) >= 11 is 0. The first-order chi connectivity index (χ1) is 28.2. The number of benzene rings is 3. The Bertz CT molecular complexity index is 1500. The van der Waals surface area contributed by atoms with Crippen molar-refractivity contribution >= 4 is 11.7 Å². The van der Waals surface area contributed by atoms with Gasteiger partial charge in [-0.3, -0.25) is 0 Å². The van der Waals surface area contributed by atoms with Gasteiger partial charge >= 0.3 is 18.4 Å². The third kappa shape index (κ3) is 22.0. The maximum atomic E-state index is 13.3. The second kappa shape index (κ2) is 28.8. The number of hydrogen-bond donors (Lipinski definition) is 2. The number of carbonyl (C=O) groups excluding carboxylic acids is 1.